The van der Waals surface area contributed by atoms with Crippen molar-refractivity contribution in [3.05, 3.63) is 23.3 Å². The molecule has 19 heavy (non-hydrogen) atoms. The molecular weight excluding hydrogens is 260 g/mol. The smallest absolute Gasteiger partial charge is 0.243 e. The number of rotatable bonds is 5. The van der Waals surface area contributed by atoms with E-state index in [0.717, 1.165) is 17.5 Å². The Hall–Kier alpha value is -1.07. The fraction of sp³-hybridized carbons (Fsp3) is 0.571. The van der Waals surface area contributed by atoms with E-state index in [2.05, 4.69) is 0 Å². The van der Waals surface area contributed by atoms with Crippen LogP contribution in [-0.4, -0.2) is 25.3 Å². The molecule has 0 amide bonds. The average Bonchev–Trinajstić information content (AvgIpc) is 2.33. The van der Waals surface area contributed by atoms with E-state index in [4.69, 9.17) is 5.73 Å². The molecule has 1 atom stereocenters. The third-order valence-electron chi connectivity index (χ3n) is 3.62. The maximum Gasteiger partial charge on any atom is 0.243 e. The molecule has 5 heteroatoms. The molecule has 108 valence electrons. The van der Waals surface area contributed by atoms with E-state index in [1.807, 2.05) is 34.6 Å². The highest BCUT2D eigenvalue weighted by atomic mass is 32.2. The predicted molar refractivity (Wildman–Crippen MR) is 79.6 cm³/mol. The molecule has 0 heterocycles. The molecule has 1 unspecified atom stereocenters. The summed E-state index contributed by atoms with van der Waals surface area (Å²) in [6, 6.07) is 3.34. The number of hydrogen-bond acceptors (Lipinski definition) is 3. The van der Waals surface area contributed by atoms with Gasteiger partial charge in [0.15, 0.2) is 0 Å². The highest BCUT2D eigenvalue weighted by molar-refractivity contribution is 7.89. The molecular formula is C14H24N2O2S. The number of aryl methyl sites for hydroxylation is 1. The third kappa shape index (κ3) is 3.09. The molecule has 0 aromatic heterocycles. The van der Waals surface area contributed by atoms with Crippen LogP contribution in [0.5, 0.6) is 0 Å². The van der Waals surface area contributed by atoms with Crippen LogP contribution in [0.1, 0.15) is 38.3 Å². The first-order chi connectivity index (χ1) is 8.75. The van der Waals surface area contributed by atoms with Crippen molar-refractivity contribution < 1.29 is 8.42 Å². The molecule has 0 saturated carbocycles. The lowest BCUT2D eigenvalue weighted by Crippen LogP contribution is -2.38. The van der Waals surface area contributed by atoms with Gasteiger partial charge in [0, 0.05) is 18.3 Å². The molecule has 1 aromatic carbocycles. The highest BCUT2D eigenvalue weighted by Crippen LogP contribution is 2.26. The van der Waals surface area contributed by atoms with E-state index >= 15 is 0 Å². The summed E-state index contributed by atoms with van der Waals surface area (Å²) in [5.41, 5.74) is 7.96. The van der Waals surface area contributed by atoms with Crippen LogP contribution in [0.4, 0.5) is 5.69 Å². The standard InChI is InChI=1S/C14H24N2O2S/c1-6-11(4)16(7-2)19(17,18)14-9-13(15)8-10(3)12(14)5/h8-9,11H,6-7,15H2,1-5H3. The molecule has 0 saturated heterocycles. The molecule has 0 bridgehead atoms. The van der Waals surface area contributed by atoms with Gasteiger partial charge in [-0.2, -0.15) is 4.31 Å². The highest BCUT2D eigenvalue weighted by Gasteiger charge is 2.28. The van der Waals surface area contributed by atoms with Crippen LogP contribution in [0, 0.1) is 13.8 Å². The molecule has 0 radical (unpaired) electrons. The maximum absolute atomic E-state index is 12.8. The molecule has 4 nitrogen and oxygen atoms in total. The summed E-state index contributed by atoms with van der Waals surface area (Å²) >= 11 is 0. The van der Waals surface area contributed by atoms with E-state index in [9.17, 15) is 8.42 Å². The fourth-order valence-electron chi connectivity index (χ4n) is 2.17. The predicted octanol–water partition coefficient (Wildman–Crippen LogP) is 2.69. The van der Waals surface area contributed by atoms with E-state index < -0.39 is 10.0 Å². The van der Waals surface area contributed by atoms with Gasteiger partial charge in [-0.1, -0.05) is 13.8 Å². The van der Waals surface area contributed by atoms with Gasteiger partial charge in [-0.3, -0.25) is 0 Å². The second kappa shape index (κ2) is 5.92. The lowest BCUT2D eigenvalue weighted by atomic mass is 10.1. The van der Waals surface area contributed by atoms with Gasteiger partial charge in [-0.25, -0.2) is 8.42 Å². The molecule has 1 aromatic rings. The van der Waals surface area contributed by atoms with Crippen molar-refractivity contribution in [1.82, 2.24) is 4.31 Å². The summed E-state index contributed by atoms with van der Waals surface area (Å²) in [6.45, 7) is 9.94. The van der Waals surface area contributed by atoms with Crippen LogP contribution in [-0.2, 0) is 10.0 Å². The monoisotopic (exact) mass is 284 g/mol. The SMILES string of the molecule is CCC(C)N(CC)S(=O)(=O)c1cc(N)cc(C)c1C. The number of hydrogen-bond donors (Lipinski definition) is 1. The zero-order valence-corrected chi connectivity index (χ0v) is 13.2. The van der Waals surface area contributed by atoms with Crippen LogP contribution in [0.2, 0.25) is 0 Å². The minimum absolute atomic E-state index is 0.0175. The van der Waals surface area contributed by atoms with Crippen LogP contribution < -0.4 is 5.73 Å². The fourth-order valence-corrected chi connectivity index (χ4v) is 4.22. The van der Waals surface area contributed by atoms with Crippen LogP contribution >= 0.6 is 0 Å². The van der Waals surface area contributed by atoms with E-state index in [0.29, 0.717) is 17.1 Å². The Morgan fingerprint density at radius 1 is 1.26 bits per heavy atom. The molecule has 0 aliphatic carbocycles. The minimum Gasteiger partial charge on any atom is -0.399 e. The van der Waals surface area contributed by atoms with Crippen LogP contribution in [0.25, 0.3) is 0 Å². The maximum atomic E-state index is 12.8. The number of nitrogens with zero attached hydrogens (tertiary/aromatic N) is 1. The quantitative estimate of drug-likeness (QED) is 0.846. The summed E-state index contributed by atoms with van der Waals surface area (Å²) in [4.78, 5) is 0.326. The molecule has 0 aliphatic rings. The van der Waals surface area contributed by atoms with Crippen LogP contribution in [0.15, 0.2) is 17.0 Å². The molecule has 0 spiro atoms. The Bertz CT molecular complexity index is 553. The zero-order valence-electron chi connectivity index (χ0n) is 12.4. The van der Waals surface area contributed by atoms with Crippen LogP contribution in [0.3, 0.4) is 0 Å². The number of nitrogen functional groups attached to an aromatic ring is 1. The number of sulfonamides is 1. The second-order valence-electron chi connectivity index (χ2n) is 4.93. The first-order valence-corrected chi connectivity index (χ1v) is 8.08. The Morgan fingerprint density at radius 2 is 1.84 bits per heavy atom. The first kappa shape index (κ1) is 16.0. The normalized spacial score (nSPS) is 13.8. The molecule has 0 fully saturated rings. The second-order valence-corrected chi connectivity index (χ2v) is 6.79. The Labute approximate surface area is 116 Å². The zero-order chi connectivity index (χ0) is 14.8. The van der Waals surface area contributed by atoms with Gasteiger partial charge >= 0.3 is 0 Å². The average molecular weight is 284 g/mol. The number of nitrogens with two attached hydrogens (primary N) is 1. The Kier molecular flexibility index (Phi) is 4.98. The minimum atomic E-state index is -3.48. The van der Waals surface area contributed by atoms with Gasteiger partial charge in [-0.05, 0) is 50.5 Å². The van der Waals surface area contributed by atoms with E-state index in [1.165, 1.54) is 4.31 Å². The van der Waals surface area contributed by atoms with Gasteiger partial charge in [0.25, 0.3) is 0 Å². The molecule has 1 rings (SSSR count). The van der Waals surface area contributed by atoms with Gasteiger partial charge in [-0.15, -0.1) is 0 Å². The summed E-state index contributed by atoms with van der Waals surface area (Å²) in [5.74, 6) is 0. The Morgan fingerprint density at radius 3 is 2.32 bits per heavy atom. The van der Waals surface area contributed by atoms with Crippen molar-refractivity contribution in [2.75, 3.05) is 12.3 Å². The number of anilines is 1. The van der Waals surface area contributed by atoms with Gasteiger partial charge < -0.3 is 5.73 Å². The number of benzene rings is 1. The Balaban J connectivity index is 3.42. The molecule has 2 N–H and O–H groups in total. The lowest BCUT2D eigenvalue weighted by molar-refractivity contribution is 0.342. The van der Waals surface area contributed by atoms with E-state index in [-0.39, 0.29) is 6.04 Å². The first-order valence-electron chi connectivity index (χ1n) is 6.64. The van der Waals surface area contributed by atoms with Crippen molar-refractivity contribution in [3.8, 4) is 0 Å². The lowest BCUT2D eigenvalue weighted by Gasteiger charge is -2.27. The largest absolute Gasteiger partial charge is 0.399 e. The van der Waals surface area contributed by atoms with Gasteiger partial charge in [0.2, 0.25) is 10.0 Å². The van der Waals surface area contributed by atoms with Crippen molar-refractivity contribution in [1.29, 1.82) is 0 Å². The van der Waals surface area contributed by atoms with Crippen molar-refractivity contribution in [2.24, 2.45) is 0 Å². The van der Waals surface area contributed by atoms with E-state index in [1.54, 1.807) is 12.1 Å². The summed E-state index contributed by atoms with van der Waals surface area (Å²) in [6.07, 6.45) is 0.785. The summed E-state index contributed by atoms with van der Waals surface area (Å²) in [7, 11) is -3.48. The summed E-state index contributed by atoms with van der Waals surface area (Å²) in [5, 5.41) is 0. The van der Waals surface area contributed by atoms with Crippen molar-refractivity contribution in [2.45, 2.75) is 52.0 Å². The topological polar surface area (TPSA) is 63.4 Å². The van der Waals surface area contributed by atoms with Crippen molar-refractivity contribution >= 4 is 15.7 Å². The van der Waals surface area contributed by atoms with Gasteiger partial charge in [0.1, 0.15) is 0 Å². The third-order valence-corrected chi connectivity index (χ3v) is 5.84. The summed E-state index contributed by atoms with van der Waals surface area (Å²) < 4.78 is 27.1. The molecule has 0 aliphatic heterocycles. The van der Waals surface area contributed by atoms with Crippen molar-refractivity contribution in [3.63, 3.8) is 0 Å². The van der Waals surface area contributed by atoms with Gasteiger partial charge in [0.05, 0.1) is 4.90 Å².